The summed E-state index contributed by atoms with van der Waals surface area (Å²) in [4.78, 5) is 25.8. The molecule has 24 heavy (non-hydrogen) atoms. The summed E-state index contributed by atoms with van der Waals surface area (Å²) in [5.74, 6) is -0.272. The van der Waals surface area contributed by atoms with Gasteiger partial charge in [-0.25, -0.2) is 0 Å². The third kappa shape index (κ3) is 1.54. The summed E-state index contributed by atoms with van der Waals surface area (Å²) >= 11 is 0. The van der Waals surface area contributed by atoms with E-state index in [2.05, 4.69) is 5.32 Å². The highest BCUT2D eigenvalue weighted by Crippen LogP contribution is 2.54. The lowest BCUT2D eigenvalue weighted by atomic mass is 9.64. The van der Waals surface area contributed by atoms with Gasteiger partial charge < -0.3 is 15.8 Å². The molecule has 1 atom stereocenters. The third-order valence-corrected chi connectivity index (χ3v) is 4.94. The smallest absolute Gasteiger partial charge is 0.245 e. The molecule has 1 spiro atoms. The largest absolute Gasteiger partial charge is 0.444 e. The van der Waals surface area contributed by atoms with E-state index >= 15 is 0 Å². The summed E-state index contributed by atoms with van der Waals surface area (Å²) in [6.45, 7) is 1.86. The molecule has 1 aromatic rings. The van der Waals surface area contributed by atoms with E-state index < -0.39 is 11.3 Å². The number of nitrogens with two attached hydrogens (primary N) is 1. The van der Waals surface area contributed by atoms with Gasteiger partial charge >= 0.3 is 0 Å². The summed E-state index contributed by atoms with van der Waals surface area (Å²) in [7, 11) is 0. The van der Waals surface area contributed by atoms with E-state index in [0.717, 1.165) is 5.56 Å². The number of rotatable bonds is 0. The van der Waals surface area contributed by atoms with E-state index in [9.17, 15) is 14.9 Å². The van der Waals surface area contributed by atoms with E-state index in [-0.39, 0.29) is 22.8 Å². The van der Waals surface area contributed by atoms with Gasteiger partial charge in [0.1, 0.15) is 22.8 Å². The number of carbonyl (C=O) groups excluding carboxylic acids is 2. The quantitative estimate of drug-likeness (QED) is 0.759. The Morgan fingerprint density at radius 3 is 2.88 bits per heavy atom. The highest BCUT2D eigenvalue weighted by molar-refractivity contribution is 6.19. The zero-order chi connectivity index (χ0) is 17.1. The lowest BCUT2D eigenvalue weighted by Crippen LogP contribution is -2.46. The molecule has 1 aliphatic carbocycles. The average molecular weight is 321 g/mol. The second-order valence-electron chi connectivity index (χ2n) is 6.23. The van der Waals surface area contributed by atoms with Gasteiger partial charge in [-0.05, 0) is 25.0 Å². The van der Waals surface area contributed by atoms with Crippen molar-refractivity contribution in [3.63, 3.8) is 0 Å². The van der Waals surface area contributed by atoms with Crippen molar-refractivity contribution in [1.82, 2.24) is 0 Å². The number of amides is 1. The SMILES string of the molecule is Cc1cccc2c1C1(C(=O)N2)C(C#N)=C(N)OC2=C1C(=O)CCC2. The molecule has 0 saturated carbocycles. The fraction of sp³-hybridized carbons (Fsp3) is 0.278. The maximum Gasteiger partial charge on any atom is 0.245 e. The van der Waals surface area contributed by atoms with Crippen LogP contribution in [0.4, 0.5) is 5.69 Å². The van der Waals surface area contributed by atoms with Crippen LogP contribution in [0.3, 0.4) is 0 Å². The molecule has 2 heterocycles. The Labute approximate surface area is 138 Å². The maximum atomic E-state index is 13.1. The maximum absolute atomic E-state index is 13.1. The molecule has 120 valence electrons. The first-order chi connectivity index (χ1) is 11.5. The molecule has 6 heteroatoms. The van der Waals surface area contributed by atoms with Crippen molar-refractivity contribution < 1.29 is 14.3 Å². The number of aryl methyl sites for hydroxylation is 1. The number of benzene rings is 1. The van der Waals surface area contributed by atoms with Gasteiger partial charge in [-0.3, -0.25) is 9.59 Å². The monoisotopic (exact) mass is 321 g/mol. The first-order valence-corrected chi connectivity index (χ1v) is 7.78. The van der Waals surface area contributed by atoms with E-state index in [4.69, 9.17) is 10.5 Å². The normalized spacial score (nSPS) is 25.2. The van der Waals surface area contributed by atoms with Gasteiger partial charge in [0.25, 0.3) is 0 Å². The standard InChI is InChI=1S/C18H15N3O3/c1-9-4-2-5-11-14(9)18(17(23)21-11)10(8-19)16(20)24-13-7-3-6-12(22)15(13)18/h2,4-5H,3,6-7,20H2,1H3,(H,21,23). The number of hydrogen-bond acceptors (Lipinski definition) is 5. The molecular formula is C18H15N3O3. The number of fused-ring (bicyclic) bond motifs is 3. The molecule has 0 radical (unpaired) electrons. The molecule has 4 rings (SSSR count). The number of allylic oxidation sites excluding steroid dienone is 1. The number of Topliss-reactive ketones (excluding diaryl/α,β-unsaturated/α-hetero) is 1. The van der Waals surface area contributed by atoms with Crippen molar-refractivity contribution in [2.75, 3.05) is 5.32 Å². The molecule has 3 N–H and O–H groups in total. The molecule has 0 saturated heterocycles. The van der Waals surface area contributed by atoms with E-state index in [1.807, 2.05) is 25.1 Å². The van der Waals surface area contributed by atoms with Gasteiger partial charge in [-0.2, -0.15) is 5.26 Å². The number of nitrogens with one attached hydrogen (secondary N) is 1. The molecule has 0 aromatic heterocycles. The van der Waals surface area contributed by atoms with Gasteiger partial charge in [0.2, 0.25) is 11.8 Å². The highest BCUT2D eigenvalue weighted by Gasteiger charge is 2.60. The van der Waals surface area contributed by atoms with E-state index in [0.29, 0.717) is 36.3 Å². The van der Waals surface area contributed by atoms with Crippen molar-refractivity contribution in [2.45, 2.75) is 31.6 Å². The predicted octanol–water partition coefficient (Wildman–Crippen LogP) is 1.92. The minimum absolute atomic E-state index is 0.0120. The lowest BCUT2D eigenvalue weighted by Gasteiger charge is -2.37. The number of ether oxygens (including phenoxy) is 1. The lowest BCUT2D eigenvalue weighted by molar-refractivity contribution is -0.123. The van der Waals surface area contributed by atoms with E-state index in [1.165, 1.54) is 0 Å². The van der Waals surface area contributed by atoms with Crippen LogP contribution in [0.25, 0.3) is 0 Å². The summed E-state index contributed by atoms with van der Waals surface area (Å²) in [5.41, 5.74) is 6.78. The van der Waals surface area contributed by atoms with Crippen LogP contribution in [0.1, 0.15) is 30.4 Å². The second-order valence-corrected chi connectivity index (χ2v) is 6.23. The minimum Gasteiger partial charge on any atom is -0.444 e. The molecule has 1 unspecified atom stereocenters. The van der Waals surface area contributed by atoms with Crippen LogP contribution in [-0.2, 0) is 19.7 Å². The Bertz CT molecular complexity index is 920. The first-order valence-electron chi connectivity index (χ1n) is 7.78. The summed E-state index contributed by atoms with van der Waals surface area (Å²) in [6.07, 6.45) is 1.50. The van der Waals surface area contributed by atoms with Crippen LogP contribution in [0.15, 0.2) is 41.0 Å². The zero-order valence-electron chi connectivity index (χ0n) is 13.1. The van der Waals surface area contributed by atoms with Gasteiger partial charge in [-0.1, -0.05) is 12.1 Å². The highest BCUT2D eigenvalue weighted by atomic mass is 16.5. The molecule has 1 aromatic carbocycles. The van der Waals surface area contributed by atoms with Crippen LogP contribution >= 0.6 is 0 Å². The topological polar surface area (TPSA) is 105 Å². The van der Waals surface area contributed by atoms with Crippen LogP contribution in [-0.4, -0.2) is 11.7 Å². The zero-order valence-corrected chi connectivity index (χ0v) is 13.1. The fourth-order valence-corrected chi connectivity index (χ4v) is 4.04. The number of nitriles is 1. The van der Waals surface area contributed by atoms with E-state index in [1.54, 1.807) is 6.07 Å². The summed E-state index contributed by atoms with van der Waals surface area (Å²) < 4.78 is 5.57. The number of carbonyl (C=O) groups is 2. The van der Waals surface area contributed by atoms with Crippen LogP contribution in [0.2, 0.25) is 0 Å². The van der Waals surface area contributed by atoms with Crippen molar-refractivity contribution in [3.05, 3.63) is 52.1 Å². The van der Waals surface area contributed by atoms with Crippen molar-refractivity contribution >= 4 is 17.4 Å². The molecule has 6 nitrogen and oxygen atoms in total. The number of ketones is 1. The van der Waals surface area contributed by atoms with Gasteiger partial charge in [0, 0.05) is 24.1 Å². The molecule has 1 amide bonds. The fourth-order valence-electron chi connectivity index (χ4n) is 4.04. The third-order valence-electron chi connectivity index (χ3n) is 4.94. The Hall–Kier alpha value is -3.07. The van der Waals surface area contributed by atoms with Gasteiger partial charge in [-0.15, -0.1) is 0 Å². The Morgan fingerprint density at radius 2 is 2.12 bits per heavy atom. The summed E-state index contributed by atoms with van der Waals surface area (Å²) in [6, 6.07) is 7.47. The number of anilines is 1. The molecule has 3 aliphatic rings. The average Bonchev–Trinajstić information content (AvgIpc) is 2.82. The molecule has 0 bridgehead atoms. The number of nitrogens with zero attached hydrogens (tertiary/aromatic N) is 1. The Balaban J connectivity index is 2.16. The van der Waals surface area contributed by atoms with Crippen molar-refractivity contribution in [2.24, 2.45) is 5.73 Å². The summed E-state index contributed by atoms with van der Waals surface area (Å²) in [5, 5.41) is 12.5. The number of hydrogen-bond donors (Lipinski definition) is 2. The predicted molar refractivity (Wildman–Crippen MR) is 85.3 cm³/mol. The van der Waals surface area contributed by atoms with Crippen LogP contribution in [0.5, 0.6) is 0 Å². The molecule has 2 aliphatic heterocycles. The molecular weight excluding hydrogens is 306 g/mol. The van der Waals surface area contributed by atoms with Crippen molar-refractivity contribution in [3.8, 4) is 6.07 Å². The second kappa shape index (κ2) is 4.71. The van der Waals surface area contributed by atoms with Crippen molar-refractivity contribution in [1.29, 1.82) is 5.26 Å². The van der Waals surface area contributed by atoms with Gasteiger partial charge in [0.15, 0.2) is 5.78 Å². The van der Waals surface area contributed by atoms with Gasteiger partial charge in [0.05, 0.1) is 5.57 Å². The molecule has 0 fully saturated rings. The first kappa shape index (κ1) is 14.5. The van der Waals surface area contributed by atoms with Crippen LogP contribution in [0, 0.1) is 18.3 Å². The van der Waals surface area contributed by atoms with Crippen LogP contribution < -0.4 is 11.1 Å². The Morgan fingerprint density at radius 1 is 1.33 bits per heavy atom. The Kier molecular flexibility index (Phi) is 2.85. The minimum atomic E-state index is -1.50.